The first kappa shape index (κ1) is 26.6. The largest absolute Gasteiger partial charge is 0.239 e. The monoisotopic (exact) mass is 482 g/mol. The summed E-state index contributed by atoms with van der Waals surface area (Å²) < 4.78 is 30.3. The van der Waals surface area contributed by atoms with Gasteiger partial charge < -0.3 is 0 Å². The summed E-state index contributed by atoms with van der Waals surface area (Å²) >= 11 is 0. The second kappa shape index (κ2) is 13.2. The molecule has 4 rings (SSSR count). The quantitative estimate of drug-likeness (QED) is 0.275. The van der Waals surface area contributed by atoms with E-state index in [0.29, 0.717) is 12.3 Å². The molecule has 2 unspecified atom stereocenters. The third-order valence-corrected chi connectivity index (χ3v) is 9.50. The van der Waals surface area contributed by atoms with Crippen LogP contribution in [-0.4, -0.2) is 11.8 Å². The van der Waals surface area contributed by atoms with Crippen molar-refractivity contribution in [2.45, 2.75) is 121 Å². The van der Waals surface area contributed by atoms with Crippen molar-refractivity contribution >= 4 is 5.57 Å². The van der Waals surface area contributed by atoms with Crippen LogP contribution in [0.3, 0.4) is 0 Å². The maximum Gasteiger partial charge on any atom is 0.164 e. The van der Waals surface area contributed by atoms with E-state index in [1.54, 1.807) is 6.08 Å². The van der Waals surface area contributed by atoms with E-state index in [1.807, 2.05) is 30.3 Å². The zero-order valence-electron chi connectivity index (χ0n) is 22.1. The Morgan fingerprint density at radius 3 is 1.83 bits per heavy atom. The van der Waals surface area contributed by atoms with Crippen LogP contribution in [0, 0.1) is 23.7 Å². The minimum Gasteiger partial charge on any atom is -0.239 e. The molecule has 2 fully saturated rings. The molecule has 0 saturated heterocycles. The zero-order valence-corrected chi connectivity index (χ0v) is 22.1. The van der Waals surface area contributed by atoms with E-state index in [0.717, 1.165) is 35.3 Å². The Kier molecular flexibility index (Phi) is 10.0. The van der Waals surface area contributed by atoms with Crippen LogP contribution in [0.4, 0.5) is 8.78 Å². The Bertz CT molecular complexity index is 796. The molecule has 0 spiro atoms. The number of hydrogen-bond acceptors (Lipinski definition) is 0. The number of alkyl halides is 2. The van der Waals surface area contributed by atoms with Crippen LogP contribution in [0.15, 0.2) is 48.6 Å². The molecule has 0 heterocycles. The van der Waals surface area contributed by atoms with Crippen LogP contribution < -0.4 is 0 Å². The van der Waals surface area contributed by atoms with E-state index in [-0.39, 0.29) is 0 Å². The molecule has 2 saturated carbocycles. The highest BCUT2D eigenvalue weighted by Crippen LogP contribution is 2.41. The van der Waals surface area contributed by atoms with Crippen molar-refractivity contribution in [1.82, 2.24) is 0 Å². The summed E-state index contributed by atoms with van der Waals surface area (Å²) in [5.41, 5.74) is -0.103. The topological polar surface area (TPSA) is 0 Å². The van der Waals surface area contributed by atoms with Gasteiger partial charge in [0.2, 0.25) is 0 Å². The minimum absolute atomic E-state index is 0.306. The molecule has 0 radical (unpaired) electrons. The van der Waals surface area contributed by atoms with Crippen molar-refractivity contribution in [2.75, 3.05) is 0 Å². The van der Waals surface area contributed by atoms with Gasteiger partial charge in [-0.05, 0) is 59.8 Å². The number of rotatable bonds is 11. The van der Waals surface area contributed by atoms with Gasteiger partial charge in [-0.25, -0.2) is 8.78 Å². The predicted octanol–water partition coefficient (Wildman–Crippen LogP) is 10.4. The van der Waals surface area contributed by atoms with Gasteiger partial charge in [-0.1, -0.05) is 133 Å². The van der Waals surface area contributed by atoms with E-state index in [9.17, 15) is 4.39 Å². The van der Waals surface area contributed by atoms with Gasteiger partial charge in [0.1, 0.15) is 0 Å². The highest BCUT2D eigenvalue weighted by Gasteiger charge is 2.39. The molecule has 0 aromatic heterocycles. The van der Waals surface area contributed by atoms with E-state index in [4.69, 9.17) is 0 Å². The third kappa shape index (κ3) is 7.77. The van der Waals surface area contributed by atoms with Gasteiger partial charge in [0, 0.05) is 0 Å². The van der Waals surface area contributed by atoms with Crippen molar-refractivity contribution in [3.8, 4) is 0 Å². The van der Waals surface area contributed by atoms with Crippen molar-refractivity contribution in [3.63, 3.8) is 0 Å². The first-order valence-corrected chi connectivity index (χ1v) is 14.8. The Labute approximate surface area is 213 Å². The maximum atomic E-state index is 15.4. The normalized spacial score (nSPS) is 33.5. The molecule has 194 valence electrons. The molecule has 35 heavy (non-hydrogen) atoms. The molecule has 1 aromatic rings. The molecular formula is C33H48F2. The summed E-state index contributed by atoms with van der Waals surface area (Å²) in [6.45, 7) is 2.30. The van der Waals surface area contributed by atoms with Crippen LogP contribution >= 0.6 is 0 Å². The second-order valence-corrected chi connectivity index (χ2v) is 12.0. The number of unbranched alkanes of at least 4 members (excludes halogenated alkanes) is 2. The fourth-order valence-corrected chi connectivity index (χ4v) is 6.91. The third-order valence-electron chi connectivity index (χ3n) is 9.50. The molecule has 0 nitrogen and oxygen atoms in total. The molecule has 0 amide bonds. The van der Waals surface area contributed by atoms with Crippen LogP contribution in [0.2, 0.25) is 0 Å². The molecule has 2 atom stereocenters. The van der Waals surface area contributed by atoms with E-state index in [1.165, 1.54) is 102 Å². The standard InChI is InChI=1S/C33H48F2/c1-2-3-5-8-26-11-13-27(14-12-26)15-16-28-17-19-29(20-18-28)21-23-33(35)24-22-31(25-32(33)34)30-9-6-4-7-10-30/h4,6-7,9-10,22,24-29,32H,2-3,5,8,11-21,23H2,1H3. The number of hydrogen-bond donors (Lipinski definition) is 0. The Morgan fingerprint density at radius 2 is 1.29 bits per heavy atom. The van der Waals surface area contributed by atoms with Crippen molar-refractivity contribution in [1.29, 1.82) is 0 Å². The van der Waals surface area contributed by atoms with E-state index in [2.05, 4.69) is 6.92 Å². The summed E-state index contributed by atoms with van der Waals surface area (Å²) in [7, 11) is 0. The van der Waals surface area contributed by atoms with Crippen LogP contribution in [-0.2, 0) is 0 Å². The summed E-state index contributed by atoms with van der Waals surface area (Å²) in [6.07, 6.45) is 23.6. The van der Waals surface area contributed by atoms with Gasteiger partial charge in [-0.3, -0.25) is 0 Å². The highest BCUT2D eigenvalue weighted by molar-refractivity contribution is 5.76. The molecule has 2 heteroatoms. The highest BCUT2D eigenvalue weighted by atomic mass is 19.2. The number of benzene rings is 1. The van der Waals surface area contributed by atoms with Gasteiger partial charge in [-0.15, -0.1) is 0 Å². The molecule has 1 aromatic carbocycles. The first-order valence-electron chi connectivity index (χ1n) is 14.8. The average molecular weight is 483 g/mol. The summed E-state index contributed by atoms with van der Waals surface area (Å²) in [6, 6.07) is 9.71. The van der Waals surface area contributed by atoms with E-state index >= 15 is 4.39 Å². The Hall–Kier alpha value is -1.44. The molecule has 3 aliphatic carbocycles. The van der Waals surface area contributed by atoms with Crippen LogP contribution in [0.5, 0.6) is 0 Å². The molecule has 3 aliphatic rings. The van der Waals surface area contributed by atoms with Gasteiger partial charge in [0.05, 0.1) is 0 Å². The lowest BCUT2D eigenvalue weighted by Gasteiger charge is -2.33. The van der Waals surface area contributed by atoms with Gasteiger partial charge in [0.25, 0.3) is 0 Å². The fraction of sp³-hybridized carbons (Fsp3) is 0.697. The van der Waals surface area contributed by atoms with Crippen molar-refractivity contribution in [2.24, 2.45) is 23.7 Å². The first-order chi connectivity index (χ1) is 17.1. The lowest BCUT2D eigenvalue weighted by molar-refractivity contribution is 0.101. The molecule has 0 aliphatic heterocycles. The molecular weight excluding hydrogens is 434 g/mol. The fourth-order valence-electron chi connectivity index (χ4n) is 6.91. The lowest BCUT2D eigenvalue weighted by Crippen LogP contribution is -2.34. The van der Waals surface area contributed by atoms with Gasteiger partial charge >= 0.3 is 0 Å². The summed E-state index contributed by atoms with van der Waals surface area (Å²) in [4.78, 5) is 0. The zero-order chi connectivity index (χ0) is 24.5. The van der Waals surface area contributed by atoms with Gasteiger partial charge in [0.15, 0.2) is 11.8 Å². The smallest absolute Gasteiger partial charge is 0.164 e. The number of halogens is 2. The second-order valence-electron chi connectivity index (χ2n) is 12.0. The SMILES string of the molecule is CCCCCC1CCC(CCC2CCC(CCC3(F)C=CC(c4ccccc4)=CC3F)CC2)CC1. The lowest BCUT2D eigenvalue weighted by atomic mass is 9.73. The summed E-state index contributed by atoms with van der Waals surface area (Å²) in [5.74, 6) is 3.41. The van der Waals surface area contributed by atoms with Crippen LogP contribution in [0.25, 0.3) is 5.57 Å². The van der Waals surface area contributed by atoms with Crippen LogP contribution in [0.1, 0.15) is 115 Å². The van der Waals surface area contributed by atoms with E-state index < -0.39 is 11.8 Å². The molecule has 0 N–H and O–H groups in total. The molecule has 0 bridgehead atoms. The Morgan fingerprint density at radius 1 is 0.743 bits per heavy atom. The number of allylic oxidation sites excluding steroid dienone is 4. The van der Waals surface area contributed by atoms with Crippen molar-refractivity contribution < 1.29 is 8.78 Å². The van der Waals surface area contributed by atoms with Gasteiger partial charge in [-0.2, -0.15) is 0 Å². The maximum absolute atomic E-state index is 15.4. The average Bonchev–Trinajstić information content (AvgIpc) is 2.90. The Balaban J connectivity index is 1.12. The summed E-state index contributed by atoms with van der Waals surface area (Å²) in [5, 5.41) is 0. The minimum atomic E-state index is -1.84. The predicted molar refractivity (Wildman–Crippen MR) is 146 cm³/mol. The van der Waals surface area contributed by atoms with Crippen molar-refractivity contribution in [3.05, 3.63) is 54.1 Å².